The van der Waals surface area contributed by atoms with Crippen LogP contribution in [0.2, 0.25) is 0 Å². The molecule has 1 N–H and O–H groups in total. The fourth-order valence-corrected chi connectivity index (χ4v) is 3.28. The number of benzene rings is 3. The van der Waals surface area contributed by atoms with Gasteiger partial charge >= 0.3 is 5.97 Å². The molecule has 5 heteroatoms. The van der Waals surface area contributed by atoms with E-state index in [9.17, 15) is 9.90 Å². The Morgan fingerprint density at radius 3 is 2.23 bits per heavy atom. The van der Waals surface area contributed by atoms with Crippen molar-refractivity contribution >= 4 is 5.97 Å². The summed E-state index contributed by atoms with van der Waals surface area (Å²) in [7, 11) is 3.10. The predicted octanol–water partition coefficient (Wildman–Crippen LogP) is 4.52. The molecule has 0 saturated heterocycles. The maximum atomic E-state index is 11.8. The molecule has 3 rings (SSSR count). The van der Waals surface area contributed by atoms with Crippen LogP contribution < -0.4 is 9.47 Å². The van der Waals surface area contributed by atoms with Gasteiger partial charge in [0.25, 0.3) is 0 Å². The third-order valence-corrected chi connectivity index (χ3v) is 4.72. The van der Waals surface area contributed by atoms with Gasteiger partial charge in [-0.2, -0.15) is 0 Å². The van der Waals surface area contributed by atoms with E-state index in [-0.39, 0.29) is 6.61 Å². The van der Waals surface area contributed by atoms with Crippen molar-refractivity contribution in [3.05, 3.63) is 83.4 Å². The number of rotatable bonds is 6. The Morgan fingerprint density at radius 1 is 0.935 bits per heavy atom. The number of hydrogen-bond acceptors (Lipinski definition) is 5. The summed E-state index contributed by atoms with van der Waals surface area (Å²) in [6.07, 6.45) is -0.784. The second kappa shape index (κ2) is 10.3. The summed E-state index contributed by atoms with van der Waals surface area (Å²) in [5.74, 6) is 6.77. The van der Waals surface area contributed by atoms with E-state index in [1.54, 1.807) is 26.4 Å². The van der Waals surface area contributed by atoms with Crippen molar-refractivity contribution < 1.29 is 24.1 Å². The van der Waals surface area contributed by atoms with E-state index >= 15 is 0 Å². The number of hydrogen-bond donors (Lipinski definition) is 1. The van der Waals surface area contributed by atoms with Gasteiger partial charge in [-0.15, -0.1) is 0 Å². The van der Waals surface area contributed by atoms with Gasteiger partial charge in [0.1, 0.15) is 0 Å². The Balaban J connectivity index is 2.15. The highest BCUT2D eigenvalue weighted by atomic mass is 16.5. The van der Waals surface area contributed by atoms with Crippen molar-refractivity contribution in [1.29, 1.82) is 0 Å². The lowest BCUT2D eigenvalue weighted by atomic mass is 9.92. The molecule has 1 unspecified atom stereocenters. The minimum absolute atomic E-state index is 0.196. The predicted molar refractivity (Wildman–Crippen MR) is 119 cm³/mol. The van der Waals surface area contributed by atoms with Gasteiger partial charge in [0.2, 0.25) is 0 Å². The van der Waals surface area contributed by atoms with Gasteiger partial charge in [-0.05, 0) is 46.9 Å². The maximum Gasteiger partial charge on any atom is 0.304 e. The molecule has 158 valence electrons. The lowest BCUT2D eigenvalue weighted by Crippen LogP contribution is -2.09. The van der Waals surface area contributed by atoms with Gasteiger partial charge in [0, 0.05) is 18.1 Å². The van der Waals surface area contributed by atoms with Crippen LogP contribution in [0.4, 0.5) is 0 Å². The molecule has 0 aromatic heterocycles. The van der Waals surface area contributed by atoms with Crippen molar-refractivity contribution in [1.82, 2.24) is 0 Å². The van der Waals surface area contributed by atoms with E-state index in [0.717, 1.165) is 16.7 Å². The number of carbonyl (C=O) groups excluding carboxylic acids is 1. The number of aliphatic hydroxyl groups excluding tert-OH is 1. The molecule has 0 aliphatic carbocycles. The summed E-state index contributed by atoms with van der Waals surface area (Å²) in [6, 6.07) is 20.5. The molecule has 3 aromatic carbocycles. The Morgan fingerprint density at radius 2 is 1.58 bits per heavy atom. The molecule has 0 amide bonds. The van der Waals surface area contributed by atoms with E-state index in [1.165, 1.54) is 6.92 Å². The van der Waals surface area contributed by atoms with Crippen LogP contribution in [0.5, 0.6) is 11.5 Å². The van der Waals surface area contributed by atoms with E-state index in [4.69, 9.17) is 14.2 Å². The summed E-state index contributed by atoms with van der Waals surface area (Å²) in [5, 5.41) is 9.98. The van der Waals surface area contributed by atoms with Gasteiger partial charge in [0.05, 0.1) is 20.8 Å². The van der Waals surface area contributed by atoms with Gasteiger partial charge in [-0.3, -0.25) is 4.79 Å². The normalized spacial score (nSPS) is 11.1. The van der Waals surface area contributed by atoms with E-state index in [2.05, 4.69) is 11.8 Å². The van der Waals surface area contributed by atoms with Crippen LogP contribution in [0.25, 0.3) is 11.1 Å². The fourth-order valence-electron chi connectivity index (χ4n) is 3.28. The maximum absolute atomic E-state index is 11.8. The zero-order valence-corrected chi connectivity index (χ0v) is 17.7. The van der Waals surface area contributed by atoms with E-state index in [1.807, 2.05) is 54.6 Å². The van der Waals surface area contributed by atoms with Crippen LogP contribution in [0.3, 0.4) is 0 Å². The smallest absolute Gasteiger partial charge is 0.304 e. The second-order valence-electron chi connectivity index (χ2n) is 6.73. The summed E-state index contributed by atoms with van der Waals surface area (Å²) < 4.78 is 16.4. The zero-order chi connectivity index (χ0) is 22.2. The third kappa shape index (κ3) is 5.25. The molecule has 5 nitrogen and oxygen atoms in total. The molecular weight excluding hydrogens is 392 g/mol. The van der Waals surface area contributed by atoms with Gasteiger partial charge < -0.3 is 19.3 Å². The quantitative estimate of drug-likeness (QED) is 0.473. The molecule has 0 fully saturated rings. The lowest BCUT2D eigenvalue weighted by molar-refractivity contribution is -0.144. The van der Waals surface area contributed by atoms with Crippen molar-refractivity contribution in [2.75, 3.05) is 14.2 Å². The standard InChI is InChI=1S/C26H24O5/c1-18(28)31-24(14-13-19-9-5-4-6-10-19)22-12-8-7-11-21(22)23-16-26(30-3)25(29-2)15-20(23)17-27/h4-12,15-16,24,27H,17H2,1-3H3. The topological polar surface area (TPSA) is 65.0 Å². The first-order valence-electron chi connectivity index (χ1n) is 9.76. The number of ether oxygens (including phenoxy) is 3. The molecular formula is C26H24O5. The highest BCUT2D eigenvalue weighted by Crippen LogP contribution is 2.39. The summed E-state index contributed by atoms with van der Waals surface area (Å²) >= 11 is 0. The van der Waals surface area contributed by atoms with Crippen LogP contribution >= 0.6 is 0 Å². The van der Waals surface area contributed by atoms with Crippen LogP contribution in [-0.2, 0) is 16.1 Å². The number of aliphatic hydroxyl groups is 1. The first kappa shape index (κ1) is 21.9. The zero-order valence-electron chi connectivity index (χ0n) is 17.7. The first-order valence-corrected chi connectivity index (χ1v) is 9.76. The van der Waals surface area contributed by atoms with Gasteiger partial charge in [-0.25, -0.2) is 0 Å². The lowest BCUT2D eigenvalue weighted by Gasteiger charge is -2.19. The SMILES string of the molecule is COc1cc(CO)c(-c2ccccc2C(C#Cc2ccccc2)OC(C)=O)cc1OC. The molecule has 3 aromatic rings. The summed E-state index contributed by atoms with van der Waals surface area (Å²) in [4.78, 5) is 11.8. The summed E-state index contributed by atoms with van der Waals surface area (Å²) in [6.45, 7) is 1.16. The number of esters is 1. The molecule has 1 atom stereocenters. The van der Waals surface area contributed by atoms with Crippen LogP contribution in [0.15, 0.2) is 66.7 Å². The Bertz CT molecular complexity index is 1110. The molecule has 31 heavy (non-hydrogen) atoms. The van der Waals surface area contributed by atoms with Gasteiger partial charge in [-0.1, -0.05) is 48.4 Å². The van der Waals surface area contributed by atoms with Crippen LogP contribution in [0.1, 0.15) is 29.7 Å². The van der Waals surface area contributed by atoms with Crippen molar-refractivity contribution in [3.63, 3.8) is 0 Å². The molecule has 0 bridgehead atoms. The average molecular weight is 416 g/mol. The molecule has 0 heterocycles. The molecule has 0 spiro atoms. The largest absolute Gasteiger partial charge is 0.493 e. The molecule has 0 aliphatic rings. The first-order chi connectivity index (χ1) is 15.1. The second-order valence-corrected chi connectivity index (χ2v) is 6.73. The Kier molecular flexibility index (Phi) is 7.31. The average Bonchev–Trinajstić information content (AvgIpc) is 2.81. The Hall–Kier alpha value is -3.75. The van der Waals surface area contributed by atoms with Crippen molar-refractivity contribution in [3.8, 4) is 34.5 Å². The minimum atomic E-state index is -0.784. The van der Waals surface area contributed by atoms with E-state index < -0.39 is 12.1 Å². The summed E-state index contributed by atoms with van der Waals surface area (Å²) in [5.41, 5.74) is 3.71. The van der Waals surface area contributed by atoms with E-state index in [0.29, 0.717) is 22.6 Å². The van der Waals surface area contributed by atoms with Crippen molar-refractivity contribution in [2.45, 2.75) is 19.6 Å². The van der Waals surface area contributed by atoms with Crippen molar-refractivity contribution in [2.24, 2.45) is 0 Å². The Labute approximate surface area is 182 Å². The molecule has 0 radical (unpaired) electrons. The number of methoxy groups -OCH3 is 2. The van der Waals surface area contributed by atoms with Crippen LogP contribution in [-0.4, -0.2) is 25.3 Å². The monoisotopic (exact) mass is 416 g/mol. The fraction of sp³-hybridized carbons (Fsp3) is 0.192. The molecule has 0 aliphatic heterocycles. The molecule has 0 saturated carbocycles. The highest BCUT2D eigenvalue weighted by Gasteiger charge is 2.20. The van der Waals surface area contributed by atoms with Gasteiger partial charge in [0.15, 0.2) is 17.6 Å². The number of carbonyl (C=O) groups is 1. The highest BCUT2D eigenvalue weighted by molar-refractivity contribution is 5.75. The van der Waals surface area contributed by atoms with Crippen LogP contribution in [0, 0.1) is 11.8 Å². The third-order valence-electron chi connectivity index (χ3n) is 4.72. The minimum Gasteiger partial charge on any atom is -0.493 e.